The maximum Gasteiger partial charge on any atom is 0.321 e. The van der Waals surface area contributed by atoms with Crippen molar-refractivity contribution < 1.29 is 4.74 Å². The molecule has 100 valence electrons. The molecule has 10 heteroatoms. The van der Waals surface area contributed by atoms with Gasteiger partial charge >= 0.3 is 6.01 Å². The minimum absolute atomic E-state index is 0.0258. The third-order valence-electron chi connectivity index (χ3n) is 1.77. The standard InChI is InChI=1S/C9H10ClN7OS/c1-2-18-7-15-6(10)16-9(17-7)19-8-13-4(11)3-5(12)14-8/h3H,2H2,1H3,(H4,11,12,13,14). The van der Waals surface area contributed by atoms with E-state index in [4.69, 9.17) is 27.8 Å². The molecule has 2 rings (SSSR count). The number of anilines is 2. The predicted octanol–water partition coefficient (Wildman–Crippen LogP) is 1.03. The topological polar surface area (TPSA) is 126 Å². The molecular weight excluding hydrogens is 290 g/mol. The van der Waals surface area contributed by atoms with E-state index < -0.39 is 0 Å². The lowest BCUT2D eigenvalue weighted by atomic mass is 10.5. The fourth-order valence-corrected chi connectivity index (χ4v) is 2.07. The van der Waals surface area contributed by atoms with Crippen molar-refractivity contribution in [2.24, 2.45) is 0 Å². The highest BCUT2D eigenvalue weighted by molar-refractivity contribution is 7.99. The fraction of sp³-hybridized carbons (Fsp3) is 0.222. The minimum Gasteiger partial charge on any atom is -0.464 e. The summed E-state index contributed by atoms with van der Waals surface area (Å²) in [6, 6.07) is 1.60. The molecule has 0 aromatic carbocycles. The second-order valence-electron chi connectivity index (χ2n) is 3.20. The molecule has 4 N–H and O–H groups in total. The summed E-state index contributed by atoms with van der Waals surface area (Å²) >= 11 is 6.83. The van der Waals surface area contributed by atoms with Crippen LogP contribution in [-0.2, 0) is 0 Å². The van der Waals surface area contributed by atoms with Crippen molar-refractivity contribution in [1.82, 2.24) is 24.9 Å². The van der Waals surface area contributed by atoms with Crippen LogP contribution in [0.1, 0.15) is 6.92 Å². The number of hydrogen-bond acceptors (Lipinski definition) is 9. The Balaban J connectivity index is 2.27. The van der Waals surface area contributed by atoms with Gasteiger partial charge in [0.05, 0.1) is 6.61 Å². The van der Waals surface area contributed by atoms with Crippen LogP contribution in [0.25, 0.3) is 0 Å². The van der Waals surface area contributed by atoms with Gasteiger partial charge in [-0.25, -0.2) is 9.97 Å². The van der Waals surface area contributed by atoms with Crippen LogP contribution in [0.3, 0.4) is 0 Å². The molecule has 0 unspecified atom stereocenters. The first-order valence-corrected chi connectivity index (χ1v) is 6.38. The molecule has 2 heterocycles. The van der Waals surface area contributed by atoms with Crippen molar-refractivity contribution in [3.05, 3.63) is 11.3 Å². The van der Waals surface area contributed by atoms with Gasteiger partial charge in [0.15, 0.2) is 5.16 Å². The average Bonchev–Trinajstić information content (AvgIpc) is 2.26. The summed E-state index contributed by atoms with van der Waals surface area (Å²) in [6.45, 7) is 2.23. The van der Waals surface area contributed by atoms with Gasteiger partial charge in [0.25, 0.3) is 0 Å². The zero-order valence-electron chi connectivity index (χ0n) is 9.87. The SMILES string of the molecule is CCOc1nc(Cl)nc(Sc2nc(N)cc(N)n2)n1. The first-order valence-electron chi connectivity index (χ1n) is 5.19. The summed E-state index contributed by atoms with van der Waals surface area (Å²) in [7, 11) is 0. The highest BCUT2D eigenvalue weighted by Gasteiger charge is 2.10. The Morgan fingerprint density at radius 1 is 1.11 bits per heavy atom. The van der Waals surface area contributed by atoms with Gasteiger partial charge in [0, 0.05) is 6.07 Å². The van der Waals surface area contributed by atoms with Crippen molar-refractivity contribution in [2.45, 2.75) is 17.2 Å². The Bertz CT molecular complexity index is 577. The molecule has 8 nitrogen and oxygen atoms in total. The lowest BCUT2D eigenvalue weighted by Gasteiger charge is -2.04. The lowest BCUT2D eigenvalue weighted by Crippen LogP contribution is -2.02. The lowest BCUT2D eigenvalue weighted by molar-refractivity contribution is 0.307. The maximum atomic E-state index is 5.77. The van der Waals surface area contributed by atoms with Gasteiger partial charge < -0.3 is 16.2 Å². The molecule has 2 aromatic heterocycles. The van der Waals surface area contributed by atoms with Crippen molar-refractivity contribution >= 4 is 35.0 Å². The van der Waals surface area contributed by atoms with E-state index in [2.05, 4.69) is 24.9 Å². The Morgan fingerprint density at radius 2 is 1.74 bits per heavy atom. The predicted molar refractivity (Wildman–Crippen MR) is 71.0 cm³/mol. The molecule has 0 fully saturated rings. The van der Waals surface area contributed by atoms with Crippen molar-refractivity contribution in [3.63, 3.8) is 0 Å². The Labute approximate surface area is 118 Å². The van der Waals surface area contributed by atoms with Gasteiger partial charge in [-0.05, 0) is 30.3 Å². The van der Waals surface area contributed by atoms with Crippen LogP contribution < -0.4 is 16.2 Å². The van der Waals surface area contributed by atoms with Crippen molar-refractivity contribution in [2.75, 3.05) is 18.1 Å². The Hall–Kier alpha value is -1.87. The summed E-state index contributed by atoms with van der Waals surface area (Å²) < 4.78 is 5.16. The number of nitrogen functional groups attached to an aromatic ring is 2. The number of halogens is 1. The molecule has 2 aromatic rings. The molecule has 0 radical (unpaired) electrons. The van der Waals surface area contributed by atoms with Gasteiger partial charge in [-0.1, -0.05) is 0 Å². The van der Waals surface area contributed by atoms with Gasteiger partial charge in [-0.3, -0.25) is 0 Å². The molecule has 0 saturated heterocycles. The van der Waals surface area contributed by atoms with E-state index in [1.54, 1.807) is 0 Å². The number of nitrogens with two attached hydrogens (primary N) is 2. The zero-order valence-corrected chi connectivity index (χ0v) is 11.4. The molecule has 0 aliphatic carbocycles. The summed E-state index contributed by atoms with van der Waals surface area (Å²) in [5.74, 6) is 0.528. The van der Waals surface area contributed by atoms with E-state index >= 15 is 0 Å². The number of nitrogens with zero attached hydrogens (tertiary/aromatic N) is 5. The molecule has 0 aliphatic rings. The third kappa shape index (κ3) is 3.80. The molecule has 0 saturated carbocycles. The van der Waals surface area contributed by atoms with Crippen molar-refractivity contribution in [1.29, 1.82) is 0 Å². The molecule has 19 heavy (non-hydrogen) atoms. The maximum absolute atomic E-state index is 5.77. The number of hydrogen-bond donors (Lipinski definition) is 2. The van der Waals surface area contributed by atoms with Gasteiger partial charge in [0.1, 0.15) is 11.6 Å². The normalized spacial score (nSPS) is 10.4. The van der Waals surface area contributed by atoms with E-state index in [0.29, 0.717) is 16.9 Å². The zero-order chi connectivity index (χ0) is 13.8. The molecule has 0 bridgehead atoms. The highest BCUT2D eigenvalue weighted by atomic mass is 35.5. The summed E-state index contributed by atoms with van der Waals surface area (Å²) in [5, 5.41) is 0.647. The van der Waals surface area contributed by atoms with Crippen LogP contribution in [0.5, 0.6) is 6.01 Å². The van der Waals surface area contributed by atoms with Crippen LogP contribution in [0.2, 0.25) is 5.28 Å². The summed E-state index contributed by atoms with van der Waals surface area (Å²) in [4.78, 5) is 19.8. The Kier molecular flexibility index (Phi) is 4.17. The van der Waals surface area contributed by atoms with Gasteiger partial charge in [0.2, 0.25) is 10.4 Å². The Morgan fingerprint density at radius 3 is 2.37 bits per heavy atom. The van der Waals surface area contributed by atoms with E-state index in [1.165, 1.54) is 6.07 Å². The highest BCUT2D eigenvalue weighted by Crippen LogP contribution is 2.24. The quantitative estimate of drug-likeness (QED) is 0.796. The largest absolute Gasteiger partial charge is 0.464 e. The van der Waals surface area contributed by atoms with Gasteiger partial charge in [-0.15, -0.1) is 0 Å². The molecular formula is C9H10ClN7OS. The molecule has 0 amide bonds. The smallest absolute Gasteiger partial charge is 0.321 e. The third-order valence-corrected chi connectivity index (χ3v) is 2.67. The van der Waals surface area contributed by atoms with E-state index in [0.717, 1.165) is 11.8 Å². The monoisotopic (exact) mass is 299 g/mol. The van der Waals surface area contributed by atoms with Crippen LogP contribution in [0.15, 0.2) is 16.4 Å². The fourth-order valence-electron chi connectivity index (χ4n) is 1.14. The van der Waals surface area contributed by atoms with E-state index in [9.17, 15) is 0 Å². The number of aromatic nitrogens is 5. The first kappa shape index (κ1) is 13.6. The van der Waals surface area contributed by atoms with Crippen LogP contribution in [0.4, 0.5) is 11.6 Å². The second-order valence-corrected chi connectivity index (χ2v) is 4.48. The molecule has 0 atom stereocenters. The summed E-state index contributed by atoms with van der Waals surface area (Å²) in [6.07, 6.45) is 0. The van der Waals surface area contributed by atoms with E-state index in [-0.39, 0.29) is 22.9 Å². The van der Waals surface area contributed by atoms with Crippen LogP contribution in [0, 0.1) is 0 Å². The molecule has 0 aliphatic heterocycles. The number of ether oxygens (including phenoxy) is 1. The number of rotatable bonds is 4. The van der Waals surface area contributed by atoms with Crippen LogP contribution >= 0.6 is 23.4 Å². The van der Waals surface area contributed by atoms with Gasteiger partial charge in [-0.2, -0.15) is 15.0 Å². The van der Waals surface area contributed by atoms with E-state index in [1.807, 2.05) is 6.92 Å². The molecule has 0 spiro atoms. The first-order chi connectivity index (χ1) is 9.06. The summed E-state index contributed by atoms with van der Waals surface area (Å²) in [5.41, 5.74) is 11.1. The van der Waals surface area contributed by atoms with Crippen LogP contribution in [-0.4, -0.2) is 31.5 Å². The average molecular weight is 300 g/mol. The second kappa shape index (κ2) is 5.85. The van der Waals surface area contributed by atoms with Crippen molar-refractivity contribution in [3.8, 4) is 6.01 Å². The minimum atomic E-state index is 0.0258.